The normalized spacial score (nSPS) is 12.1. The van der Waals surface area contributed by atoms with Gasteiger partial charge in [0.05, 0.1) is 13.3 Å². The average molecular weight is 436 g/mol. The molecule has 0 atom stereocenters. The Bertz CT molecular complexity index is 980. The first kappa shape index (κ1) is 22.9. The smallest absolute Gasteiger partial charge is 0.319 e. The number of aliphatic imine (C=N–C) groups is 2. The number of benzene rings is 2. The maximum Gasteiger partial charge on any atom is 0.319 e. The van der Waals surface area contributed by atoms with Crippen molar-refractivity contribution < 1.29 is 22.6 Å². The minimum atomic E-state index is -0.827. The van der Waals surface area contributed by atoms with Crippen LogP contribution < -0.4 is 15.8 Å². The molecule has 158 valence electrons. The van der Waals surface area contributed by atoms with E-state index in [4.69, 9.17) is 27.4 Å². The molecule has 30 heavy (non-hydrogen) atoms. The molecular weight excluding hydrogens is 417 g/mol. The molecule has 2 aromatic rings. The molecule has 0 saturated carbocycles. The molecule has 0 unspecified atom stereocenters. The lowest BCUT2D eigenvalue weighted by atomic mass is 10.2. The van der Waals surface area contributed by atoms with Crippen LogP contribution in [0.3, 0.4) is 0 Å². The van der Waals surface area contributed by atoms with E-state index in [1.807, 2.05) is 0 Å². The quantitative estimate of drug-likeness (QED) is 0.409. The van der Waals surface area contributed by atoms with Gasteiger partial charge >= 0.3 is 6.02 Å². The third-order valence-electron chi connectivity index (χ3n) is 3.63. The lowest BCUT2D eigenvalue weighted by Gasteiger charge is -2.09. The van der Waals surface area contributed by atoms with Crippen molar-refractivity contribution >= 4 is 29.6 Å². The molecule has 0 spiro atoms. The second-order valence-electron chi connectivity index (χ2n) is 5.71. The van der Waals surface area contributed by atoms with Gasteiger partial charge in [-0.15, -0.1) is 0 Å². The molecule has 0 aliphatic heterocycles. The van der Waals surface area contributed by atoms with Gasteiger partial charge in [-0.25, -0.2) is 18.2 Å². The molecule has 2 rings (SSSR count). The van der Waals surface area contributed by atoms with Gasteiger partial charge in [0.1, 0.15) is 12.4 Å². The Morgan fingerprint density at radius 3 is 2.63 bits per heavy atom. The number of nitrogens with one attached hydrogen (secondary N) is 1. The Labute approximate surface area is 176 Å². The van der Waals surface area contributed by atoms with Crippen LogP contribution in [-0.2, 0) is 17.9 Å². The topological polar surface area (TPSA) is 81.2 Å². The number of nitrogens with zero attached hydrogens (tertiary/aromatic N) is 2. The average Bonchev–Trinajstić information content (AvgIpc) is 2.74. The van der Waals surface area contributed by atoms with Crippen LogP contribution in [0.15, 0.2) is 64.5 Å². The van der Waals surface area contributed by atoms with Gasteiger partial charge in [0.25, 0.3) is 0 Å². The van der Waals surface area contributed by atoms with Gasteiger partial charge in [-0.05, 0) is 36.0 Å². The van der Waals surface area contributed by atoms with Gasteiger partial charge < -0.3 is 20.5 Å². The van der Waals surface area contributed by atoms with E-state index in [0.717, 1.165) is 6.21 Å². The molecule has 6 nitrogen and oxygen atoms in total. The highest BCUT2D eigenvalue weighted by molar-refractivity contribution is 7.80. The fourth-order valence-corrected chi connectivity index (χ4v) is 2.30. The Kier molecular flexibility index (Phi) is 8.82. The van der Waals surface area contributed by atoms with Crippen LogP contribution in [-0.4, -0.2) is 24.5 Å². The molecule has 0 radical (unpaired) electrons. The third-order valence-corrected chi connectivity index (χ3v) is 3.86. The second kappa shape index (κ2) is 11.6. The lowest BCUT2D eigenvalue weighted by molar-refractivity contribution is 0.287. The molecule has 0 heterocycles. The maximum absolute atomic E-state index is 13.8. The van der Waals surface area contributed by atoms with Crippen molar-refractivity contribution in [2.24, 2.45) is 15.7 Å². The molecular formula is C20H19F3N4O2S. The molecule has 0 saturated heterocycles. The first-order valence-corrected chi connectivity index (χ1v) is 9.00. The number of allylic oxidation sites excluding steroid dienone is 1. The maximum atomic E-state index is 13.8. The van der Waals surface area contributed by atoms with Crippen LogP contribution in [0.4, 0.5) is 13.2 Å². The number of thiocarbonyl (C=S) groups is 1. The summed E-state index contributed by atoms with van der Waals surface area (Å²) < 4.78 is 51.0. The van der Waals surface area contributed by atoms with Crippen molar-refractivity contribution in [2.75, 3.05) is 7.11 Å². The van der Waals surface area contributed by atoms with Crippen molar-refractivity contribution in [3.05, 3.63) is 77.3 Å². The van der Waals surface area contributed by atoms with Crippen LogP contribution in [0.1, 0.15) is 11.1 Å². The number of rotatable bonds is 6. The predicted octanol–water partition coefficient (Wildman–Crippen LogP) is 3.76. The van der Waals surface area contributed by atoms with Gasteiger partial charge in [-0.1, -0.05) is 24.3 Å². The third kappa shape index (κ3) is 7.21. The van der Waals surface area contributed by atoms with E-state index in [0.29, 0.717) is 17.3 Å². The summed E-state index contributed by atoms with van der Waals surface area (Å²) in [6.07, 6.45) is 1.49. The van der Waals surface area contributed by atoms with Crippen LogP contribution in [0, 0.1) is 11.6 Å². The first-order valence-electron chi connectivity index (χ1n) is 8.59. The highest BCUT2D eigenvalue weighted by Gasteiger charge is 2.07. The fraction of sp³-hybridized carbons (Fsp3) is 0.150. The molecule has 2 aromatic carbocycles. The zero-order valence-electron chi connectivity index (χ0n) is 15.9. The summed E-state index contributed by atoms with van der Waals surface area (Å²) in [5, 5.41) is 2.67. The Morgan fingerprint density at radius 1 is 1.20 bits per heavy atom. The Morgan fingerprint density at radius 2 is 1.97 bits per heavy atom. The van der Waals surface area contributed by atoms with Crippen molar-refractivity contribution in [3.63, 3.8) is 0 Å². The van der Waals surface area contributed by atoms with Gasteiger partial charge in [-0.3, -0.25) is 0 Å². The van der Waals surface area contributed by atoms with E-state index in [2.05, 4.69) is 15.3 Å². The monoisotopic (exact) mass is 436 g/mol. The highest BCUT2D eigenvalue weighted by Crippen LogP contribution is 2.18. The van der Waals surface area contributed by atoms with E-state index >= 15 is 0 Å². The molecule has 0 aliphatic carbocycles. The Balaban J connectivity index is 2.09. The summed E-state index contributed by atoms with van der Waals surface area (Å²) >= 11 is 5.08. The molecule has 0 aliphatic rings. The number of nitrogens with two attached hydrogens (primary N) is 1. The summed E-state index contributed by atoms with van der Waals surface area (Å²) in [7, 11) is 1.35. The number of halogens is 3. The van der Waals surface area contributed by atoms with Gasteiger partial charge in [-0.2, -0.15) is 4.99 Å². The van der Waals surface area contributed by atoms with Crippen molar-refractivity contribution in [2.45, 2.75) is 13.2 Å². The molecule has 0 aromatic heterocycles. The lowest BCUT2D eigenvalue weighted by Crippen LogP contribution is -2.21. The highest BCUT2D eigenvalue weighted by atomic mass is 32.1. The predicted molar refractivity (Wildman–Crippen MR) is 113 cm³/mol. The van der Waals surface area contributed by atoms with Gasteiger partial charge in [0.2, 0.25) is 0 Å². The van der Waals surface area contributed by atoms with Crippen molar-refractivity contribution in [1.82, 2.24) is 5.32 Å². The molecule has 3 N–H and O–H groups in total. The van der Waals surface area contributed by atoms with Crippen LogP contribution in [0.2, 0.25) is 0 Å². The minimum absolute atomic E-state index is 0.0662. The van der Waals surface area contributed by atoms with E-state index < -0.39 is 17.5 Å². The van der Waals surface area contributed by atoms with Crippen LogP contribution >= 0.6 is 12.2 Å². The van der Waals surface area contributed by atoms with Gasteiger partial charge in [0, 0.05) is 18.3 Å². The number of hydrogen-bond donors (Lipinski definition) is 2. The first-order chi connectivity index (χ1) is 14.4. The van der Waals surface area contributed by atoms with Gasteiger partial charge in [0.15, 0.2) is 22.5 Å². The zero-order chi connectivity index (χ0) is 21.9. The standard InChI is InChI=1S/C20H19F3N4O2S/c1-28-18-7-6-13(8-17(18)23)12-29-19(25-11-15(21)9-24)27-20(30)26-10-14-4-2-3-5-16(14)22/h2-9,11H,10,12,24H2,1H3,(H,26,30)/b15-9-,25-11-,27-19+. The summed E-state index contributed by atoms with van der Waals surface area (Å²) in [5.41, 5.74) is 5.89. The summed E-state index contributed by atoms with van der Waals surface area (Å²) in [6.45, 7) is -0.0479. The second-order valence-corrected chi connectivity index (χ2v) is 6.10. The van der Waals surface area contributed by atoms with E-state index in [1.165, 1.54) is 25.3 Å². The van der Waals surface area contributed by atoms with E-state index in [1.54, 1.807) is 24.3 Å². The summed E-state index contributed by atoms with van der Waals surface area (Å²) in [6, 6.07) is 10.1. The molecule has 0 fully saturated rings. The molecule has 10 heteroatoms. The Hall–Kier alpha value is -3.40. The van der Waals surface area contributed by atoms with Crippen molar-refractivity contribution in [1.29, 1.82) is 0 Å². The zero-order valence-corrected chi connectivity index (χ0v) is 16.8. The fourth-order valence-electron chi connectivity index (χ4n) is 2.14. The molecule has 0 amide bonds. The number of methoxy groups -OCH3 is 1. The van der Waals surface area contributed by atoms with E-state index in [-0.39, 0.29) is 30.0 Å². The summed E-state index contributed by atoms with van der Waals surface area (Å²) in [5.74, 6) is -1.71. The largest absolute Gasteiger partial charge is 0.494 e. The summed E-state index contributed by atoms with van der Waals surface area (Å²) in [4.78, 5) is 7.68. The number of amidine groups is 1. The van der Waals surface area contributed by atoms with Crippen molar-refractivity contribution in [3.8, 4) is 5.75 Å². The minimum Gasteiger partial charge on any atom is -0.494 e. The van der Waals surface area contributed by atoms with E-state index in [9.17, 15) is 13.2 Å². The SMILES string of the molecule is COc1ccc(COC(/N=C\C(F)=C\N)=N/C(=S)NCc2ccccc2F)cc1F. The number of ether oxygens (including phenoxy) is 2. The number of hydrogen-bond acceptors (Lipinski definition) is 4. The van der Waals surface area contributed by atoms with Crippen LogP contribution in [0.25, 0.3) is 0 Å². The van der Waals surface area contributed by atoms with Crippen LogP contribution in [0.5, 0.6) is 5.75 Å². The molecule has 0 bridgehead atoms.